The molecule has 1 saturated heterocycles. The van der Waals surface area contributed by atoms with Crippen LogP contribution in [0.2, 0.25) is 18.1 Å². The number of benzene rings is 1. The predicted molar refractivity (Wildman–Crippen MR) is 189 cm³/mol. The lowest BCUT2D eigenvalue weighted by atomic mass is 9.77. The van der Waals surface area contributed by atoms with Crippen LogP contribution in [0.15, 0.2) is 48.7 Å². The van der Waals surface area contributed by atoms with Crippen LogP contribution in [0, 0.1) is 13.8 Å². The quantitative estimate of drug-likeness (QED) is 0.242. The molecule has 2 aliphatic heterocycles. The molecule has 11 heteroatoms. The van der Waals surface area contributed by atoms with Crippen LogP contribution in [0.5, 0.6) is 5.75 Å². The largest absolute Gasteiger partial charge is 0.494 e. The van der Waals surface area contributed by atoms with Gasteiger partial charge in [-0.25, -0.2) is 9.78 Å². The maximum Gasteiger partial charge on any atom is 0.494 e. The summed E-state index contributed by atoms with van der Waals surface area (Å²) >= 11 is 0. The molecule has 0 spiro atoms. The lowest BCUT2D eigenvalue weighted by Gasteiger charge is -2.40. The number of amides is 1. The second kappa shape index (κ2) is 12.7. The fraction of sp³-hybridized carbons (Fsp3) is 0.556. The van der Waals surface area contributed by atoms with Gasteiger partial charge in [-0.05, 0) is 113 Å². The highest BCUT2D eigenvalue weighted by molar-refractivity contribution is 6.74. The van der Waals surface area contributed by atoms with Crippen LogP contribution in [-0.2, 0) is 20.2 Å². The standard InChI is InChI=1S/C36H52BN3O6Si/c1-24-12-13-25(2)40(24)32-19-15-27(21-38-32)31(44-47(10,11)34(3,4)5)23-39(33(41)42)22-29-17-14-26-20-28(16-18-30(26)43-29)37-45-35(6,7)36(8,9)46-37/h12-13,15-16,18-21,29,31H,14,17,22-23H2,1-11H3,(H,41,42)/t29-,31-/m1/s1. The highest BCUT2D eigenvalue weighted by Gasteiger charge is 2.52. The molecule has 1 aromatic carbocycles. The van der Waals surface area contributed by atoms with Gasteiger partial charge in [0, 0.05) is 17.6 Å². The number of carboxylic acid groups (broad SMARTS) is 1. The fourth-order valence-corrected chi connectivity index (χ4v) is 7.16. The van der Waals surface area contributed by atoms with Crippen LogP contribution in [0.4, 0.5) is 4.79 Å². The summed E-state index contributed by atoms with van der Waals surface area (Å²) in [6, 6.07) is 14.2. The maximum atomic E-state index is 12.7. The highest BCUT2D eigenvalue weighted by atomic mass is 28.4. The Morgan fingerprint density at radius 2 is 1.72 bits per heavy atom. The first kappa shape index (κ1) is 35.2. The van der Waals surface area contributed by atoms with Crippen molar-refractivity contribution in [2.75, 3.05) is 13.1 Å². The summed E-state index contributed by atoms with van der Waals surface area (Å²) in [6.45, 7) is 23.7. The van der Waals surface area contributed by atoms with Gasteiger partial charge in [0.25, 0.3) is 0 Å². The molecule has 9 nitrogen and oxygen atoms in total. The Labute approximate surface area is 281 Å². The van der Waals surface area contributed by atoms with Crippen LogP contribution >= 0.6 is 0 Å². The Balaban J connectivity index is 1.33. The topological polar surface area (TPSA) is 95.3 Å². The van der Waals surface area contributed by atoms with Crippen molar-refractivity contribution in [3.05, 3.63) is 71.2 Å². The van der Waals surface area contributed by atoms with Crippen LogP contribution in [0.25, 0.3) is 5.82 Å². The van der Waals surface area contributed by atoms with E-state index in [9.17, 15) is 9.90 Å². The van der Waals surface area contributed by atoms with E-state index in [0.29, 0.717) is 6.42 Å². The molecule has 5 rings (SSSR count). The number of nitrogens with zero attached hydrogens (tertiary/aromatic N) is 3. The zero-order valence-corrected chi connectivity index (χ0v) is 31.0. The van der Waals surface area contributed by atoms with E-state index in [1.807, 2.05) is 58.2 Å². The molecule has 47 heavy (non-hydrogen) atoms. The van der Waals surface area contributed by atoms with Crippen LogP contribution < -0.4 is 10.2 Å². The molecule has 0 radical (unpaired) electrons. The van der Waals surface area contributed by atoms with Crippen molar-refractivity contribution in [2.45, 2.75) is 117 Å². The van der Waals surface area contributed by atoms with Gasteiger partial charge in [-0.3, -0.25) is 0 Å². The van der Waals surface area contributed by atoms with E-state index >= 15 is 0 Å². The van der Waals surface area contributed by atoms with Crippen molar-refractivity contribution in [1.29, 1.82) is 0 Å². The number of pyridine rings is 1. The minimum Gasteiger partial charge on any atom is -0.488 e. The molecular formula is C36H52BN3O6Si. The summed E-state index contributed by atoms with van der Waals surface area (Å²) in [5.41, 5.74) is 4.27. The molecule has 0 aliphatic carbocycles. The number of aryl methyl sites for hydroxylation is 3. The third kappa shape index (κ3) is 7.33. The summed E-state index contributed by atoms with van der Waals surface area (Å²) in [5.74, 6) is 1.60. The maximum absolute atomic E-state index is 12.7. The smallest absolute Gasteiger partial charge is 0.488 e. The molecule has 0 bridgehead atoms. The van der Waals surface area contributed by atoms with Crippen molar-refractivity contribution in [3.8, 4) is 11.6 Å². The van der Waals surface area contributed by atoms with Gasteiger partial charge in [-0.15, -0.1) is 0 Å². The van der Waals surface area contributed by atoms with Crippen molar-refractivity contribution in [1.82, 2.24) is 14.5 Å². The number of ether oxygens (including phenoxy) is 1. The summed E-state index contributed by atoms with van der Waals surface area (Å²) in [4.78, 5) is 18.9. The third-order valence-electron chi connectivity index (χ3n) is 10.6. The summed E-state index contributed by atoms with van der Waals surface area (Å²) < 4.78 is 27.9. The molecule has 1 fully saturated rings. The SMILES string of the molecule is Cc1ccc(C)n1-c1ccc([C@@H](CN(C[C@H]2CCc3cc(B4OC(C)(C)C(C)(C)O4)ccc3O2)C(=O)O)O[Si](C)(C)C(C)(C)C)cn1. The monoisotopic (exact) mass is 661 g/mol. The summed E-state index contributed by atoms with van der Waals surface area (Å²) in [5, 5.41) is 10.4. The Kier molecular flexibility index (Phi) is 9.53. The molecular weight excluding hydrogens is 609 g/mol. The fourth-order valence-electron chi connectivity index (χ4n) is 5.89. The second-order valence-corrected chi connectivity index (χ2v) is 20.4. The van der Waals surface area contributed by atoms with E-state index in [1.165, 1.54) is 4.90 Å². The lowest BCUT2D eigenvalue weighted by molar-refractivity contribution is 0.00578. The molecule has 2 aromatic heterocycles. The number of hydrogen-bond acceptors (Lipinski definition) is 6. The third-order valence-corrected chi connectivity index (χ3v) is 15.1. The van der Waals surface area contributed by atoms with E-state index in [1.54, 1.807) is 0 Å². The van der Waals surface area contributed by atoms with Gasteiger partial charge in [0.05, 0.1) is 30.4 Å². The Hall–Kier alpha value is -3.12. The molecule has 3 aromatic rings. The summed E-state index contributed by atoms with van der Waals surface area (Å²) in [7, 11) is -2.72. The van der Waals surface area contributed by atoms with Crippen molar-refractivity contribution >= 4 is 27.0 Å². The number of rotatable bonds is 9. The van der Waals surface area contributed by atoms with Gasteiger partial charge >= 0.3 is 13.2 Å². The van der Waals surface area contributed by atoms with Gasteiger partial charge in [0.1, 0.15) is 17.7 Å². The molecule has 1 amide bonds. The van der Waals surface area contributed by atoms with Crippen molar-refractivity contribution in [3.63, 3.8) is 0 Å². The number of fused-ring (bicyclic) bond motifs is 1. The van der Waals surface area contributed by atoms with Crippen molar-refractivity contribution in [2.24, 2.45) is 0 Å². The van der Waals surface area contributed by atoms with Gasteiger partial charge in [0.2, 0.25) is 0 Å². The second-order valence-electron chi connectivity index (χ2n) is 15.7. The Morgan fingerprint density at radius 1 is 1.09 bits per heavy atom. The first-order valence-electron chi connectivity index (χ1n) is 16.7. The number of carbonyl (C=O) groups is 1. The van der Waals surface area contributed by atoms with Crippen LogP contribution in [0.3, 0.4) is 0 Å². The van der Waals surface area contributed by atoms with Crippen LogP contribution in [0.1, 0.15) is 83.5 Å². The van der Waals surface area contributed by atoms with Gasteiger partial charge in [-0.1, -0.05) is 39.0 Å². The number of aromatic nitrogens is 2. The Bertz CT molecular complexity index is 1560. The predicted octanol–water partition coefficient (Wildman–Crippen LogP) is 7.23. The Morgan fingerprint density at radius 3 is 2.28 bits per heavy atom. The molecule has 0 unspecified atom stereocenters. The molecule has 4 heterocycles. The molecule has 1 N–H and O–H groups in total. The summed E-state index contributed by atoms with van der Waals surface area (Å²) in [6.07, 6.45) is 1.55. The van der Waals surface area contributed by atoms with Crippen molar-refractivity contribution < 1.29 is 28.4 Å². The molecule has 2 atom stereocenters. The number of hydrogen-bond donors (Lipinski definition) is 1. The first-order chi connectivity index (χ1) is 21.8. The highest BCUT2D eigenvalue weighted by Crippen LogP contribution is 2.40. The molecule has 2 aliphatic rings. The minimum absolute atomic E-state index is 0.0544. The minimum atomic E-state index is -2.28. The van der Waals surface area contributed by atoms with E-state index in [0.717, 1.165) is 46.0 Å². The molecule has 0 saturated carbocycles. The average Bonchev–Trinajstić information content (AvgIpc) is 3.43. The van der Waals surface area contributed by atoms with E-state index in [-0.39, 0.29) is 24.2 Å². The van der Waals surface area contributed by atoms with E-state index < -0.39 is 38.8 Å². The van der Waals surface area contributed by atoms with Crippen LogP contribution in [-0.4, -0.2) is 71.5 Å². The zero-order valence-electron chi connectivity index (χ0n) is 30.0. The molecule has 254 valence electrons. The first-order valence-corrected chi connectivity index (χ1v) is 19.6. The zero-order chi connectivity index (χ0) is 34.5. The normalized spacial score (nSPS) is 19.6. The van der Waals surface area contributed by atoms with Gasteiger partial charge < -0.3 is 33.0 Å². The lowest BCUT2D eigenvalue weighted by Crippen LogP contribution is -2.47. The van der Waals surface area contributed by atoms with E-state index in [4.69, 9.17) is 23.5 Å². The average molecular weight is 662 g/mol. The van der Waals surface area contributed by atoms with Gasteiger partial charge in [-0.2, -0.15) is 0 Å². The van der Waals surface area contributed by atoms with E-state index in [2.05, 4.69) is 70.5 Å². The van der Waals surface area contributed by atoms with Gasteiger partial charge in [0.15, 0.2) is 8.32 Å².